The Bertz CT molecular complexity index is 714. The summed E-state index contributed by atoms with van der Waals surface area (Å²) in [7, 11) is -3.67. The van der Waals surface area contributed by atoms with Gasteiger partial charge in [0.05, 0.1) is 9.82 Å². The number of hydrogen-bond acceptors (Lipinski definition) is 4. The Morgan fingerprint density at radius 2 is 1.60 bits per heavy atom. The van der Waals surface area contributed by atoms with Gasteiger partial charge in [-0.3, -0.25) is 10.1 Å². The van der Waals surface area contributed by atoms with E-state index in [0.717, 1.165) is 0 Å². The number of nitro groups is 1. The van der Waals surface area contributed by atoms with Crippen LogP contribution in [0.5, 0.6) is 0 Å². The van der Waals surface area contributed by atoms with Crippen molar-refractivity contribution >= 4 is 15.7 Å². The Morgan fingerprint density at radius 3 is 2.25 bits per heavy atom. The lowest BCUT2D eigenvalue weighted by atomic mass is 10.2. The molecule has 6 nitrogen and oxygen atoms in total. The molecule has 0 aliphatic rings. The van der Waals surface area contributed by atoms with Gasteiger partial charge in [-0.15, -0.1) is 0 Å². The number of nitro benzene ring substituents is 1. The summed E-state index contributed by atoms with van der Waals surface area (Å²) >= 11 is 0. The Hall–Kier alpha value is -2.25. The molecular weight excluding hydrogens is 280 g/mol. The van der Waals surface area contributed by atoms with Gasteiger partial charge in [0.1, 0.15) is 0 Å². The van der Waals surface area contributed by atoms with Crippen LogP contribution in [0.15, 0.2) is 59.5 Å². The van der Waals surface area contributed by atoms with Crippen LogP contribution >= 0.6 is 0 Å². The summed E-state index contributed by atoms with van der Waals surface area (Å²) in [5.74, 6) is 0. The van der Waals surface area contributed by atoms with Gasteiger partial charge in [0.25, 0.3) is 5.69 Å². The van der Waals surface area contributed by atoms with E-state index in [0.29, 0.717) is 5.56 Å². The summed E-state index contributed by atoms with van der Waals surface area (Å²) in [5.41, 5.74) is 0.209. The minimum atomic E-state index is -3.67. The molecule has 0 aliphatic carbocycles. The van der Waals surface area contributed by atoms with Crippen molar-refractivity contribution in [2.24, 2.45) is 0 Å². The SMILES string of the molecule is O=[N+]([O-])c1ccccc1CNS(=O)(=O)c1ccccc1. The van der Waals surface area contributed by atoms with Crippen LogP contribution in [0.3, 0.4) is 0 Å². The van der Waals surface area contributed by atoms with E-state index < -0.39 is 14.9 Å². The van der Waals surface area contributed by atoms with Gasteiger partial charge >= 0.3 is 0 Å². The van der Waals surface area contributed by atoms with E-state index in [1.807, 2.05) is 0 Å². The van der Waals surface area contributed by atoms with E-state index in [4.69, 9.17) is 0 Å². The number of nitrogens with one attached hydrogen (secondary N) is 1. The van der Waals surface area contributed by atoms with E-state index in [1.165, 1.54) is 30.3 Å². The van der Waals surface area contributed by atoms with Gasteiger partial charge in [0.2, 0.25) is 10.0 Å². The fourth-order valence-corrected chi connectivity index (χ4v) is 2.72. The first kappa shape index (κ1) is 14.2. The maximum atomic E-state index is 12.0. The minimum absolute atomic E-state index is 0.108. The van der Waals surface area contributed by atoms with E-state index >= 15 is 0 Å². The third-order valence-corrected chi connectivity index (χ3v) is 4.11. The standard InChI is InChI=1S/C13H12N2O4S/c16-15(17)13-9-5-4-6-11(13)10-14-20(18,19)12-7-2-1-3-8-12/h1-9,14H,10H2. The predicted molar refractivity (Wildman–Crippen MR) is 73.6 cm³/mol. The molecule has 0 saturated carbocycles. The number of sulfonamides is 1. The van der Waals surface area contributed by atoms with Crippen LogP contribution in [0, 0.1) is 10.1 Å². The van der Waals surface area contributed by atoms with Crippen LogP contribution < -0.4 is 4.72 Å². The summed E-state index contributed by atoms with van der Waals surface area (Å²) in [6.07, 6.45) is 0. The molecule has 0 radical (unpaired) electrons. The van der Waals surface area contributed by atoms with Crippen molar-refractivity contribution in [3.63, 3.8) is 0 Å². The van der Waals surface area contributed by atoms with Crippen molar-refractivity contribution in [1.82, 2.24) is 4.72 Å². The number of rotatable bonds is 5. The largest absolute Gasteiger partial charge is 0.273 e. The number of benzene rings is 2. The van der Waals surface area contributed by atoms with Gasteiger partial charge < -0.3 is 0 Å². The lowest BCUT2D eigenvalue weighted by Gasteiger charge is -2.07. The minimum Gasteiger partial charge on any atom is -0.258 e. The quantitative estimate of drug-likeness (QED) is 0.675. The molecular formula is C13H12N2O4S. The van der Waals surface area contributed by atoms with E-state index in [2.05, 4.69) is 4.72 Å². The highest BCUT2D eigenvalue weighted by Crippen LogP contribution is 2.18. The van der Waals surface area contributed by atoms with Crippen molar-refractivity contribution in [3.8, 4) is 0 Å². The van der Waals surface area contributed by atoms with Crippen LogP contribution in [0.2, 0.25) is 0 Å². The maximum Gasteiger partial charge on any atom is 0.273 e. The third-order valence-electron chi connectivity index (χ3n) is 2.69. The van der Waals surface area contributed by atoms with Gasteiger partial charge in [0, 0.05) is 18.2 Å². The van der Waals surface area contributed by atoms with E-state index in [9.17, 15) is 18.5 Å². The topological polar surface area (TPSA) is 89.3 Å². The second-order valence-electron chi connectivity index (χ2n) is 4.02. The highest BCUT2D eigenvalue weighted by Gasteiger charge is 2.17. The predicted octanol–water partition coefficient (Wildman–Crippen LogP) is 2.07. The molecule has 2 aromatic carbocycles. The normalized spacial score (nSPS) is 11.2. The fourth-order valence-electron chi connectivity index (χ4n) is 1.69. The summed E-state index contributed by atoms with van der Waals surface area (Å²) in [5, 5.41) is 10.8. The van der Waals surface area contributed by atoms with Crippen molar-refractivity contribution in [3.05, 3.63) is 70.3 Å². The molecule has 0 amide bonds. The molecule has 0 heterocycles. The van der Waals surface area contributed by atoms with Gasteiger partial charge in [-0.1, -0.05) is 36.4 Å². The molecule has 2 rings (SSSR count). The number of para-hydroxylation sites is 1. The first-order chi connectivity index (χ1) is 9.50. The third kappa shape index (κ3) is 3.19. The Kier molecular flexibility index (Phi) is 4.11. The smallest absolute Gasteiger partial charge is 0.258 e. The number of hydrogen-bond donors (Lipinski definition) is 1. The second kappa shape index (κ2) is 5.81. The van der Waals surface area contributed by atoms with Crippen molar-refractivity contribution < 1.29 is 13.3 Å². The fraction of sp³-hybridized carbons (Fsp3) is 0.0769. The average Bonchev–Trinajstić information content (AvgIpc) is 2.46. The van der Waals surface area contributed by atoms with E-state index in [-0.39, 0.29) is 17.1 Å². The molecule has 0 unspecified atom stereocenters. The lowest BCUT2D eigenvalue weighted by Crippen LogP contribution is -2.23. The van der Waals surface area contributed by atoms with Gasteiger partial charge in [-0.2, -0.15) is 0 Å². The molecule has 0 fully saturated rings. The van der Waals surface area contributed by atoms with Gasteiger partial charge in [-0.05, 0) is 12.1 Å². The Labute approximate surface area is 116 Å². The lowest BCUT2D eigenvalue weighted by molar-refractivity contribution is -0.385. The highest BCUT2D eigenvalue weighted by molar-refractivity contribution is 7.89. The van der Waals surface area contributed by atoms with Crippen LogP contribution in [-0.4, -0.2) is 13.3 Å². The summed E-state index contributed by atoms with van der Waals surface area (Å²) < 4.78 is 26.4. The molecule has 0 saturated heterocycles. The molecule has 20 heavy (non-hydrogen) atoms. The molecule has 0 spiro atoms. The Morgan fingerprint density at radius 1 is 1.00 bits per heavy atom. The van der Waals surface area contributed by atoms with Gasteiger partial charge in [-0.25, -0.2) is 13.1 Å². The maximum absolute atomic E-state index is 12.0. The van der Waals surface area contributed by atoms with Crippen LogP contribution in [0.25, 0.3) is 0 Å². The zero-order valence-corrected chi connectivity index (χ0v) is 11.2. The van der Waals surface area contributed by atoms with Gasteiger partial charge in [0.15, 0.2) is 0 Å². The van der Waals surface area contributed by atoms with Crippen LogP contribution in [-0.2, 0) is 16.6 Å². The van der Waals surface area contributed by atoms with Crippen molar-refractivity contribution in [2.75, 3.05) is 0 Å². The van der Waals surface area contributed by atoms with Crippen molar-refractivity contribution in [2.45, 2.75) is 11.4 Å². The monoisotopic (exact) mass is 292 g/mol. The van der Waals surface area contributed by atoms with Crippen LogP contribution in [0.4, 0.5) is 5.69 Å². The molecule has 7 heteroatoms. The second-order valence-corrected chi connectivity index (χ2v) is 5.79. The van der Waals surface area contributed by atoms with Crippen LogP contribution in [0.1, 0.15) is 5.56 Å². The Balaban J connectivity index is 2.19. The molecule has 1 N–H and O–H groups in total. The zero-order chi connectivity index (χ0) is 14.6. The molecule has 0 atom stereocenters. The summed E-state index contributed by atoms with van der Waals surface area (Å²) in [6, 6.07) is 13.9. The van der Waals surface area contributed by atoms with Crippen molar-refractivity contribution in [1.29, 1.82) is 0 Å². The molecule has 104 valence electrons. The molecule has 0 aromatic heterocycles. The molecule has 0 aliphatic heterocycles. The first-order valence-electron chi connectivity index (χ1n) is 5.78. The first-order valence-corrected chi connectivity index (χ1v) is 7.26. The summed E-state index contributed by atoms with van der Waals surface area (Å²) in [4.78, 5) is 10.4. The summed E-state index contributed by atoms with van der Waals surface area (Å²) in [6.45, 7) is -0.131. The average molecular weight is 292 g/mol. The molecule has 0 bridgehead atoms. The number of nitrogens with zero attached hydrogens (tertiary/aromatic N) is 1. The van der Waals surface area contributed by atoms with E-state index in [1.54, 1.807) is 24.3 Å². The zero-order valence-electron chi connectivity index (χ0n) is 10.4. The highest BCUT2D eigenvalue weighted by atomic mass is 32.2. The molecule has 2 aromatic rings.